The van der Waals surface area contributed by atoms with Gasteiger partial charge in [-0.2, -0.15) is 15.0 Å². The van der Waals surface area contributed by atoms with Crippen LogP contribution < -0.4 is 10.2 Å². The molecule has 2 rings (SSSR count). The Balaban J connectivity index is 2.02. The summed E-state index contributed by atoms with van der Waals surface area (Å²) in [5.41, 5.74) is 0. The Morgan fingerprint density at radius 1 is 1.21 bits per heavy atom. The molecule has 0 radical (unpaired) electrons. The minimum absolute atomic E-state index is 0.247. The fraction of sp³-hybridized carbons (Fsp3) is 0.769. The van der Waals surface area contributed by atoms with Crippen molar-refractivity contribution in [1.29, 1.82) is 0 Å². The molecule has 1 fully saturated rings. The van der Waals surface area contributed by atoms with E-state index in [1.807, 2.05) is 14.0 Å². The zero-order valence-corrected chi connectivity index (χ0v) is 12.4. The first kappa shape index (κ1) is 14.3. The van der Waals surface area contributed by atoms with Gasteiger partial charge >= 0.3 is 0 Å². The molecule has 19 heavy (non-hydrogen) atoms. The highest BCUT2D eigenvalue weighted by Crippen LogP contribution is 2.25. The summed E-state index contributed by atoms with van der Waals surface area (Å²) in [5.74, 6) is 1.95. The van der Waals surface area contributed by atoms with Gasteiger partial charge in [0.15, 0.2) is 0 Å². The standard InChI is InChI=1S/C13H22ClN5/c1-3-15-12-16-11(14)17-13(18-12)19(2)9-10-7-5-4-6-8-10/h10H,3-9H2,1-2H3,(H,15,16,17,18). The van der Waals surface area contributed by atoms with Crippen molar-refractivity contribution < 1.29 is 0 Å². The predicted octanol–water partition coefficient (Wildman–Crippen LogP) is 2.97. The third kappa shape index (κ3) is 4.20. The summed E-state index contributed by atoms with van der Waals surface area (Å²) in [6.07, 6.45) is 6.69. The Kier molecular flexibility index (Phi) is 5.19. The first-order valence-corrected chi connectivity index (χ1v) is 7.43. The lowest BCUT2D eigenvalue weighted by Gasteiger charge is -2.27. The smallest absolute Gasteiger partial charge is 0.231 e. The Bertz CT molecular complexity index is 406. The first-order chi connectivity index (χ1) is 9.19. The molecule has 0 amide bonds. The van der Waals surface area contributed by atoms with Crippen LogP contribution in [0.3, 0.4) is 0 Å². The molecule has 1 aliphatic rings. The van der Waals surface area contributed by atoms with E-state index in [9.17, 15) is 0 Å². The van der Waals surface area contributed by atoms with E-state index in [0.29, 0.717) is 11.9 Å². The van der Waals surface area contributed by atoms with Crippen LogP contribution in [0.4, 0.5) is 11.9 Å². The van der Waals surface area contributed by atoms with Gasteiger partial charge in [0.25, 0.3) is 0 Å². The van der Waals surface area contributed by atoms with Crippen LogP contribution in [-0.4, -0.2) is 35.1 Å². The van der Waals surface area contributed by atoms with Crippen LogP contribution in [0.15, 0.2) is 0 Å². The van der Waals surface area contributed by atoms with Gasteiger partial charge in [-0.25, -0.2) is 0 Å². The summed E-state index contributed by atoms with van der Waals surface area (Å²) in [5, 5.41) is 3.32. The van der Waals surface area contributed by atoms with Gasteiger partial charge in [-0.05, 0) is 37.3 Å². The van der Waals surface area contributed by atoms with E-state index in [-0.39, 0.29) is 5.28 Å². The maximum atomic E-state index is 5.94. The molecule has 5 nitrogen and oxygen atoms in total. The summed E-state index contributed by atoms with van der Waals surface area (Å²) in [7, 11) is 2.02. The monoisotopic (exact) mass is 283 g/mol. The molecule has 1 N–H and O–H groups in total. The fourth-order valence-corrected chi connectivity index (χ4v) is 2.74. The third-order valence-electron chi connectivity index (χ3n) is 3.53. The number of hydrogen-bond acceptors (Lipinski definition) is 5. The molecule has 106 valence electrons. The van der Waals surface area contributed by atoms with Crippen molar-refractivity contribution in [2.45, 2.75) is 39.0 Å². The van der Waals surface area contributed by atoms with E-state index in [1.54, 1.807) is 0 Å². The van der Waals surface area contributed by atoms with Crippen LogP contribution in [0, 0.1) is 5.92 Å². The van der Waals surface area contributed by atoms with E-state index in [0.717, 1.165) is 19.0 Å². The lowest BCUT2D eigenvalue weighted by atomic mass is 9.89. The number of rotatable bonds is 5. The van der Waals surface area contributed by atoms with E-state index >= 15 is 0 Å². The zero-order valence-electron chi connectivity index (χ0n) is 11.7. The summed E-state index contributed by atoms with van der Waals surface area (Å²) >= 11 is 5.94. The van der Waals surface area contributed by atoms with E-state index in [1.165, 1.54) is 32.1 Å². The molecule has 0 atom stereocenters. The van der Waals surface area contributed by atoms with Crippen LogP contribution in [0.5, 0.6) is 0 Å². The van der Waals surface area contributed by atoms with Gasteiger partial charge in [0.05, 0.1) is 0 Å². The van der Waals surface area contributed by atoms with Crippen molar-refractivity contribution in [3.8, 4) is 0 Å². The Morgan fingerprint density at radius 3 is 2.63 bits per heavy atom. The predicted molar refractivity (Wildman–Crippen MR) is 78.8 cm³/mol. The van der Waals surface area contributed by atoms with E-state index in [4.69, 9.17) is 11.6 Å². The van der Waals surface area contributed by atoms with Crippen LogP contribution in [0.1, 0.15) is 39.0 Å². The van der Waals surface area contributed by atoms with Gasteiger partial charge in [-0.15, -0.1) is 0 Å². The maximum Gasteiger partial charge on any atom is 0.231 e. The normalized spacial score (nSPS) is 16.4. The third-order valence-corrected chi connectivity index (χ3v) is 3.70. The minimum Gasteiger partial charge on any atom is -0.354 e. The second kappa shape index (κ2) is 6.89. The molecule has 0 bridgehead atoms. The number of nitrogens with one attached hydrogen (secondary N) is 1. The van der Waals surface area contributed by atoms with Crippen molar-refractivity contribution in [3.05, 3.63) is 5.28 Å². The SMILES string of the molecule is CCNc1nc(Cl)nc(N(C)CC2CCCCC2)n1. The minimum atomic E-state index is 0.247. The molecule has 0 saturated heterocycles. The molecule has 1 heterocycles. The maximum absolute atomic E-state index is 5.94. The number of anilines is 2. The summed E-state index contributed by atoms with van der Waals surface area (Å²) in [4.78, 5) is 14.8. The van der Waals surface area contributed by atoms with Crippen LogP contribution in [0.25, 0.3) is 0 Å². The first-order valence-electron chi connectivity index (χ1n) is 7.05. The molecular formula is C13H22ClN5. The van der Waals surface area contributed by atoms with Crippen molar-refractivity contribution in [3.63, 3.8) is 0 Å². The molecule has 1 aromatic heterocycles. The largest absolute Gasteiger partial charge is 0.354 e. The molecule has 6 heteroatoms. The molecule has 1 saturated carbocycles. The Hall–Kier alpha value is -1.10. The van der Waals surface area contributed by atoms with Gasteiger partial charge < -0.3 is 10.2 Å². The number of hydrogen-bond donors (Lipinski definition) is 1. The molecule has 1 aliphatic carbocycles. The molecule has 1 aromatic rings. The number of aromatic nitrogens is 3. The second-order valence-electron chi connectivity index (χ2n) is 5.14. The average Bonchev–Trinajstić information content (AvgIpc) is 2.39. The topological polar surface area (TPSA) is 53.9 Å². The second-order valence-corrected chi connectivity index (χ2v) is 5.48. The molecular weight excluding hydrogens is 262 g/mol. The van der Waals surface area contributed by atoms with Gasteiger partial charge in [0, 0.05) is 20.1 Å². The van der Waals surface area contributed by atoms with Crippen molar-refractivity contribution in [2.75, 3.05) is 30.4 Å². The van der Waals surface area contributed by atoms with E-state index in [2.05, 4.69) is 25.2 Å². The number of halogens is 1. The summed E-state index contributed by atoms with van der Waals surface area (Å²) in [6.45, 7) is 3.77. The van der Waals surface area contributed by atoms with Gasteiger partial charge in [0.1, 0.15) is 0 Å². The molecule has 0 spiro atoms. The highest BCUT2D eigenvalue weighted by atomic mass is 35.5. The quantitative estimate of drug-likeness (QED) is 0.900. The van der Waals surface area contributed by atoms with Crippen LogP contribution in [0.2, 0.25) is 5.28 Å². The lowest BCUT2D eigenvalue weighted by molar-refractivity contribution is 0.361. The van der Waals surface area contributed by atoms with Gasteiger partial charge in [-0.3, -0.25) is 0 Å². The Morgan fingerprint density at radius 2 is 1.95 bits per heavy atom. The van der Waals surface area contributed by atoms with Gasteiger partial charge in [-0.1, -0.05) is 19.3 Å². The fourth-order valence-electron chi connectivity index (χ4n) is 2.59. The summed E-state index contributed by atoms with van der Waals surface area (Å²) in [6, 6.07) is 0. The van der Waals surface area contributed by atoms with Crippen molar-refractivity contribution >= 4 is 23.5 Å². The average molecular weight is 284 g/mol. The highest BCUT2D eigenvalue weighted by molar-refractivity contribution is 6.28. The molecule has 0 aromatic carbocycles. The van der Waals surface area contributed by atoms with Crippen LogP contribution >= 0.6 is 11.6 Å². The summed E-state index contributed by atoms with van der Waals surface area (Å²) < 4.78 is 0. The number of nitrogens with zero attached hydrogens (tertiary/aromatic N) is 4. The highest BCUT2D eigenvalue weighted by Gasteiger charge is 2.17. The molecule has 0 unspecified atom stereocenters. The van der Waals surface area contributed by atoms with E-state index < -0.39 is 0 Å². The van der Waals surface area contributed by atoms with Crippen molar-refractivity contribution in [1.82, 2.24) is 15.0 Å². The van der Waals surface area contributed by atoms with Gasteiger partial charge in [0.2, 0.25) is 17.2 Å². The van der Waals surface area contributed by atoms with Crippen molar-refractivity contribution in [2.24, 2.45) is 5.92 Å². The van der Waals surface area contributed by atoms with Crippen LogP contribution in [-0.2, 0) is 0 Å². The zero-order chi connectivity index (χ0) is 13.7. The Labute approximate surface area is 119 Å². The lowest BCUT2D eigenvalue weighted by Crippen LogP contribution is -2.28. The molecule has 0 aliphatic heterocycles.